The van der Waals surface area contributed by atoms with Crippen molar-refractivity contribution in [2.24, 2.45) is 13.0 Å². The topological polar surface area (TPSA) is 51.4 Å². The van der Waals surface area contributed by atoms with Crippen molar-refractivity contribution in [2.45, 2.75) is 46.1 Å². The summed E-state index contributed by atoms with van der Waals surface area (Å²) in [6.45, 7) is 8.11. The Balaban J connectivity index is 1.53. The van der Waals surface area contributed by atoms with Gasteiger partial charge in [0.25, 0.3) is 5.91 Å². The lowest BCUT2D eigenvalue weighted by Crippen LogP contribution is -3.17. The van der Waals surface area contributed by atoms with E-state index in [0.717, 1.165) is 42.5 Å². The van der Waals surface area contributed by atoms with Gasteiger partial charge in [0.05, 0.1) is 30.2 Å². The normalized spacial score (nSPS) is 21.4. The van der Waals surface area contributed by atoms with Crippen molar-refractivity contribution in [3.63, 3.8) is 0 Å². The van der Waals surface area contributed by atoms with Gasteiger partial charge >= 0.3 is 0 Å². The highest BCUT2D eigenvalue weighted by Gasteiger charge is 2.30. The van der Waals surface area contributed by atoms with E-state index in [1.54, 1.807) is 0 Å². The van der Waals surface area contributed by atoms with Crippen molar-refractivity contribution in [3.8, 4) is 0 Å². The summed E-state index contributed by atoms with van der Waals surface area (Å²) >= 11 is 0. The molecule has 1 aromatic carbocycles. The van der Waals surface area contributed by atoms with Gasteiger partial charge in [-0.1, -0.05) is 30.3 Å². The van der Waals surface area contributed by atoms with Crippen LogP contribution >= 0.6 is 0 Å². The molecule has 1 aromatic heterocycles. The number of quaternary nitrogens is 1. The van der Waals surface area contributed by atoms with Crippen molar-refractivity contribution in [1.82, 2.24) is 9.78 Å². The van der Waals surface area contributed by atoms with E-state index >= 15 is 0 Å². The summed E-state index contributed by atoms with van der Waals surface area (Å²) in [5, 5.41) is 7.48. The molecule has 2 aromatic rings. The standard InChI is InChI=1S/C21H30N4O/c1-15-20(16(2)24(4)23-15)22-21(26)17(3)25-12-10-19(11-13-25)14-18-8-6-5-7-9-18/h5-9,17,19H,10-14H2,1-4H3,(H,22,26)/p+1/t17-/m0/s1. The van der Waals surface area contributed by atoms with Crippen LogP contribution in [0.4, 0.5) is 5.69 Å². The molecule has 0 radical (unpaired) electrons. The largest absolute Gasteiger partial charge is 0.325 e. The number of aryl methyl sites for hydroxylation is 2. The van der Waals surface area contributed by atoms with Crippen LogP contribution in [0.25, 0.3) is 0 Å². The summed E-state index contributed by atoms with van der Waals surface area (Å²) in [7, 11) is 1.91. The molecule has 1 saturated heterocycles. The van der Waals surface area contributed by atoms with Crippen LogP contribution in [0, 0.1) is 19.8 Å². The van der Waals surface area contributed by atoms with Crippen molar-refractivity contribution < 1.29 is 9.69 Å². The molecule has 0 spiro atoms. The molecule has 2 N–H and O–H groups in total. The molecule has 1 aliphatic heterocycles. The number of carbonyl (C=O) groups is 1. The van der Waals surface area contributed by atoms with E-state index in [4.69, 9.17) is 0 Å². The summed E-state index contributed by atoms with van der Waals surface area (Å²) < 4.78 is 1.82. The van der Waals surface area contributed by atoms with E-state index in [0.29, 0.717) is 0 Å². The maximum absolute atomic E-state index is 12.7. The smallest absolute Gasteiger partial charge is 0.282 e. The molecule has 0 bridgehead atoms. The van der Waals surface area contributed by atoms with E-state index in [9.17, 15) is 4.79 Å². The minimum atomic E-state index is -0.0355. The quantitative estimate of drug-likeness (QED) is 0.861. The van der Waals surface area contributed by atoms with Crippen LogP contribution in [-0.2, 0) is 18.3 Å². The first kappa shape index (κ1) is 18.6. The lowest BCUT2D eigenvalue weighted by atomic mass is 9.89. The number of rotatable bonds is 5. The predicted octanol–water partition coefficient (Wildman–Crippen LogP) is 1.90. The maximum Gasteiger partial charge on any atom is 0.282 e. The number of piperidine rings is 1. The maximum atomic E-state index is 12.7. The Morgan fingerprint density at radius 3 is 2.50 bits per heavy atom. The molecular formula is C21H31N4O+. The molecule has 0 unspecified atom stereocenters. The molecule has 2 heterocycles. The number of benzene rings is 1. The second-order valence-electron chi connectivity index (χ2n) is 7.67. The summed E-state index contributed by atoms with van der Waals surface area (Å²) in [6, 6.07) is 10.7. The van der Waals surface area contributed by atoms with Crippen LogP contribution < -0.4 is 10.2 Å². The molecular weight excluding hydrogens is 324 g/mol. The van der Waals surface area contributed by atoms with Gasteiger partial charge in [0.1, 0.15) is 0 Å². The zero-order chi connectivity index (χ0) is 18.7. The summed E-state index contributed by atoms with van der Waals surface area (Å²) in [5.74, 6) is 0.833. The molecule has 1 atom stereocenters. The van der Waals surface area contributed by atoms with E-state index < -0.39 is 0 Å². The highest BCUT2D eigenvalue weighted by molar-refractivity contribution is 5.94. The summed E-state index contributed by atoms with van der Waals surface area (Å²) in [4.78, 5) is 14.1. The van der Waals surface area contributed by atoms with E-state index in [1.165, 1.54) is 23.3 Å². The van der Waals surface area contributed by atoms with Crippen molar-refractivity contribution >= 4 is 11.6 Å². The van der Waals surface area contributed by atoms with Gasteiger partial charge < -0.3 is 10.2 Å². The van der Waals surface area contributed by atoms with Gasteiger partial charge in [-0.2, -0.15) is 5.10 Å². The fourth-order valence-electron chi connectivity index (χ4n) is 4.00. The Hall–Kier alpha value is -2.14. The van der Waals surface area contributed by atoms with Crippen LogP contribution in [0.3, 0.4) is 0 Å². The molecule has 5 heteroatoms. The van der Waals surface area contributed by atoms with Crippen molar-refractivity contribution in [3.05, 3.63) is 47.3 Å². The highest BCUT2D eigenvalue weighted by Crippen LogP contribution is 2.19. The van der Waals surface area contributed by atoms with Gasteiger partial charge in [-0.15, -0.1) is 0 Å². The average Bonchev–Trinajstić information content (AvgIpc) is 2.88. The highest BCUT2D eigenvalue weighted by atomic mass is 16.2. The average molecular weight is 356 g/mol. The number of hydrogen-bond donors (Lipinski definition) is 2. The Labute approximate surface area is 156 Å². The zero-order valence-electron chi connectivity index (χ0n) is 16.4. The lowest BCUT2D eigenvalue weighted by molar-refractivity contribution is -0.919. The molecule has 26 heavy (non-hydrogen) atoms. The Morgan fingerprint density at radius 1 is 1.27 bits per heavy atom. The Morgan fingerprint density at radius 2 is 1.92 bits per heavy atom. The van der Waals surface area contributed by atoms with Gasteiger partial charge in [0.2, 0.25) is 0 Å². The predicted molar refractivity (Wildman–Crippen MR) is 104 cm³/mol. The first-order chi connectivity index (χ1) is 12.5. The molecule has 1 fully saturated rings. The number of aromatic nitrogens is 2. The zero-order valence-corrected chi connectivity index (χ0v) is 16.4. The number of carbonyl (C=O) groups excluding carboxylic acids is 1. The SMILES string of the molecule is Cc1nn(C)c(C)c1NC(=O)[C@H](C)[NH+]1CCC(Cc2ccccc2)CC1. The van der Waals surface area contributed by atoms with Gasteiger partial charge in [0, 0.05) is 7.05 Å². The third-order valence-electron chi connectivity index (χ3n) is 5.88. The van der Waals surface area contributed by atoms with Crippen LogP contribution in [-0.4, -0.2) is 34.8 Å². The van der Waals surface area contributed by atoms with Gasteiger partial charge in [-0.3, -0.25) is 9.48 Å². The van der Waals surface area contributed by atoms with Gasteiger partial charge in [-0.25, -0.2) is 0 Å². The fourth-order valence-corrected chi connectivity index (χ4v) is 4.00. The molecule has 0 aliphatic carbocycles. The second kappa shape index (κ2) is 8.04. The molecule has 5 nitrogen and oxygen atoms in total. The minimum Gasteiger partial charge on any atom is -0.325 e. The number of nitrogens with one attached hydrogen (secondary N) is 2. The van der Waals surface area contributed by atoms with E-state index in [2.05, 4.69) is 40.7 Å². The number of amides is 1. The molecule has 1 amide bonds. The number of nitrogens with zero attached hydrogens (tertiary/aromatic N) is 2. The molecule has 140 valence electrons. The molecule has 1 aliphatic rings. The lowest BCUT2D eigenvalue weighted by Gasteiger charge is -2.32. The molecule has 3 rings (SSSR count). The monoisotopic (exact) mass is 355 g/mol. The van der Waals surface area contributed by atoms with E-state index in [-0.39, 0.29) is 11.9 Å². The second-order valence-corrected chi connectivity index (χ2v) is 7.67. The minimum absolute atomic E-state index is 0.0355. The number of anilines is 1. The third kappa shape index (κ3) is 4.15. The Bertz CT molecular complexity index is 745. The molecule has 0 saturated carbocycles. The third-order valence-corrected chi connectivity index (χ3v) is 5.88. The number of likely N-dealkylation sites (tertiary alicyclic amines) is 1. The van der Waals surface area contributed by atoms with Crippen LogP contribution in [0.2, 0.25) is 0 Å². The summed E-state index contributed by atoms with van der Waals surface area (Å²) in [6.07, 6.45) is 3.53. The van der Waals surface area contributed by atoms with Crippen LogP contribution in [0.1, 0.15) is 36.7 Å². The van der Waals surface area contributed by atoms with Crippen LogP contribution in [0.15, 0.2) is 30.3 Å². The number of hydrogen-bond acceptors (Lipinski definition) is 2. The first-order valence-electron chi connectivity index (χ1n) is 9.65. The van der Waals surface area contributed by atoms with Crippen molar-refractivity contribution in [1.29, 1.82) is 0 Å². The Kier molecular flexibility index (Phi) is 5.77. The van der Waals surface area contributed by atoms with Gasteiger partial charge in [0.15, 0.2) is 6.04 Å². The van der Waals surface area contributed by atoms with Crippen LogP contribution in [0.5, 0.6) is 0 Å². The van der Waals surface area contributed by atoms with Gasteiger partial charge in [-0.05, 0) is 51.5 Å². The van der Waals surface area contributed by atoms with Crippen molar-refractivity contribution in [2.75, 3.05) is 18.4 Å². The first-order valence-corrected chi connectivity index (χ1v) is 9.65. The fraction of sp³-hybridized carbons (Fsp3) is 0.524. The summed E-state index contributed by atoms with van der Waals surface area (Å²) in [5.41, 5.74) is 4.17. The van der Waals surface area contributed by atoms with E-state index in [1.807, 2.05) is 32.5 Å².